The number of ether oxygens (including phenoxy) is 1. The van der Waals surface area contributed by atoms with E-state index < -0.39 is 11.7 Å². The number of carbonyl (C=O) groups is 1. The van der Waals surface area contributed by atoms with Gasteiger partial charge >= 0.3 is 5.97 Å². The van der Waals surface area contributed by atoms with Gasteiger partial charge in [-0.25, -0.2) is 0 Å². The van der Waals surface area contributed by atoms with Crippen LogP contribution in [0.15, 0.2) is 12.2 Å². The number of hydrogen-bond donors (Lipinski definition) is 2. The summed E-state index contributed by atoms with van der Waals surface area (Å²) in [5.74, 6) is -0.238. The highest BCUT2D eigenvalue weighted by Crippen LogP contribution is 2.43. The van der Waals surface area contributed by atoms with Crippen LogP contribution in [-0.4, -0.2) is 34.5 Å². The second-order valence-electron chi connectivity index (χ2n) is 8.07. The monoisotopic (exact) mass is 382 g/mol. The van der Waals surface area contributed by atoms with E-state index in [2.05, 4.69) is 19.1 Å². The average molecular weight is 383 g/mol. The molecule has 0 saturated heterocycles. The van der Waals surface area contributed by atoms with E-state index in [0.29, 0.717) is 19.3 Å². The molecule has 158 valence electrons. The van der Waals surface area contributed by atoms with Crippen molar-refractivity contribution in [2.24, 2.45) is 0 Å². The Hall–Kier alpha value is -0.870. The molecule has 1 aliphatic rings. The summed E-state index contributed by atoms with van der Waals surface area (Å²) in [7, 11) is 0. The molecular weight excluding hydrogens is 340 g/mol. The summed E-state index contributed by atoms with van der Waals surface area (Å²) in [6.45, 7) is 1.91. The lowest BCUT2D eigenvalue weighted by Crippen LogP contribution is -2.36. The lowest BCUT2D eigenvalue weighted by molar-refractivity contribution is -0.160. The minimum Gasteiger partial charge on any atom is -0.456 e. The molecule has 0 bridgehead atoms. The predicted octanol–water partition coefficient (Wildman–Crippen LogP) is 5.45. The first-order valence-corrected chi connectivity index (χ1v) is 11.3. The van der Waals surface area contributed by atoms with Crippen LogP contribution in [0, 0.1) is 0 Å². The standard InChI is InChI=1S/C23H42O4/c1-2-3-4-5-6-7-8-9-10-11-12-13-14-15-16-17-22(26)27-23(18-19-23)21(25)20-24/h9-10,21,24-25H,2-8,11-20H2,1H3/b10-9-. The lowest BCUT2D eigenvalue weighted by Gasteiger charge is -2.20. The molecule has 1 rings (SSSR count). The topological polar surface area (TPSA) is 66.8 Å². The SMILES string of the molecule is CCCCCCCC/C=C\CCCCCCCC(=O)OC1(C(O)CO)CC1. The van der Waals surface area contributed by atoms with E-state index in [1.807, 2.05) is 0 Å². The summed E-state index contributed by atoms with van der Waals surface area (Å²) < 4.78 is 5.36. The molecule has 0 aromatic rings. The summed E-state index contributed by atoms with van der Waals surface area (Å²) in [5, 5.41) is 18.7. The largest absolute Gasteiger partial charge is 0.456 e. The number of aliphatic hydroxyl groups is 2. The molecule has 1 fully saturated rings. The van der Waals surface area contributed by atoms with Gasteiger partial charge in [0, 0.05) is 6.42 Å². The number of esters is 1. The molecule has 1 unspecified atom stereocenters. The third kappa shape index (κ3) is 11.5. The second kappa shape index (κ2) is 15.1. The normalized spacial score (nSPS) is 16.6. The Kier molecular flexibility index (Phi) is 13.5. The molecule has 4 nitrogen and oxygen atoms in total. The molecule has 0 aromatic carbocycles. The van der Waals surface area contributed by atoms with Crippen LogP contribution >= 0.6 is 0 Å². The van der Waals surface area contributed by atoms with Crippen molar-refractivity contribution in [3.8, 4) is 0 Å². The first-order chi connectivity index (χ1) is 13.1. The van der Waals surface area contributed by atoms with Gasteiger partial charge in [0.2, 0.25) is 0 Å². The van der Waals surface area contributed by atoms with E-state index in [-0.39, 0.29) is 12.6 Å². The molecule has 0 aliphatic heterocycles. The van der Waals surface area contributed by atoms with Gasteiger partial charge < -0.3 is 14.9 Å². The number of hydrogen-bond acceptors (Lipinski definition) is 4. The molecule has 1 aliphatic carbocycles. The summed E-state index contributed by atoms with van der Waals surface area (Å²) in [6.07, 6.45) is 21.5. The zero-order valence-electron chi connectivity index (χ0n) is 17.5. The summed E-state index contributed by atoms with van der Waals surface area (Å²) in [6, 6.07) is 0. The van der Waals surface area contributed by atoms with Crippen LogP contribution in [0.4, 0.5) is 0 Å². The molecule has 27 heavy (non-hydrogen) atoms. The van der Waals surface area contributed by atoms with E-state index in [0.717, 1.165) is 19.3 Å². The quantitative estimate of drug-likeness (QED) is 0.188. The van der Waals surface area contributed by atoms with Gasteiger partial charge in [0.05, 0.1) is 6.61 Å². The van der Waals surface area contributed by atoms with Gasteiger partial charge in [-0.3, -0.25) is 4.79 Å². The molecule has 0 spiro atoms. The van der Waals surface area contributed by atoms with Gasteiger partial charge in [0.1, 0.15) is 11.7 Å². The lowest BCUT2D eigenvalue weighted by atomic mass is 10.1. The fourth-order valence-electron chi connectivity index (χ4n) is 3.41. The number of carbonyl (C=O) groups excluding carboxylic acids is 1. The zero-order valence-corrected chi connectivity index (χ0v) is 17.5. The molecule has 4 heteroatoms. The Labute approximate surface area is 166 Å². The molecule has 0 heterocycles. The molecule has 0 amide bonds. The van der Waals surface area contributed by atoms with Crippen LogP contribution in [0.2, 0.25) is 0 Å². The Balaban J connectivity index is 1.85. The fraction of sp³-hybridized carbons (Fsp3) is 0.870. The van der Waals surface area contributed by atoms with Gasteiger partial charge in [0.25, 0.3) is 0 Å². The van der Waals surface area contributed by atoms with Gasteiger partial charge in [0.15, 0.2) is 0 Å². The molecular formula is C23H42O4. The summed E-state index contributed by atoms with van der Waals surface area (Å²) in [5.41, 5.74) is -0.784. The maximum absolute atomic E-state index is 11.8. The Morgan fingerprint density at radius 2 is 1.44 bits per heavy atom. The van der Waals surface area contributed by atoms with Gasteiger partial charge in [-0.2, -0.15) is 0 Å². The maximum atomic E-state index is 11.8. The highest BCUT2D eigenvalue weighted by molar-refractivity contribution is 5.70. The average Bonchev–Trinajstić information content (AvgIpc) is 3.44. The molecule has 0 aromatic heterocycles. The van der Waals surface area contributed by atoms with Gasteiger partial charge in [-0.1, -0.05) is 70.4 Å². The molecule has 2 N–H and O–H groups in total. The van der Waals surface area contributed by atoms with Crippen molar-refractivity contribution in [3.63, 3.8) is 0 Å². The molecule has 1 atom stereocenters. The number of allylic oxidation sites excluding steroid dienone is 2. The van der Waals surface area contributed by atoms with Crippen LogP contribution in [0.25, 0.3) is 0 Å². The Morgan fingerprint density at radius 1 is 0.926 bits per heavy atom. The van der Waals surface area contributed by atoms with E-state index in [4.69, 9.17) is 9.84 Å². The Bertz CT molecular complexity index is 401. The van der Waals surface area contributed by atoms with Crippen molar-refractivity contribution >= 4 is 5.97 Å². The minimum absolute atomic E-state index is 0.238. The van der Waals surface area contributed by atoms with Gasteiger partial charge in [-0.15, -0.1) is 0 Å². The van der Waals surface area contributed by atoms with E-state index in [9.17, 15) is 9.90 Å². The number of rotatable bonds is 18. The summed E-state index contributed by atoms with van der Waals surface area (Å²) >= 11 is 0. The zero-order chi connectivity index (χ0) is 19.8. The van der Waals surface area contributed by atoms with Crippen LogP contribution in [0.1, 0.15) is 110 Å². The second-order valence-corrected chi connectivity index (χ2v) is 8.07. The number of unbranched alkanes of at least 4 members (excludes halogenated alkanes) is 11. The third-order valence-electron chi connectivity index (χ3n) is 5.48. The fourth-order valence-corrected chi connectivity index (χ4v) is 3.41. The van der Waals surface area contributed by atoms with E-state index in [1.54, 1.807) is 0 Å². The van der Waals surface area contributed by atoms with Crippen molar-refractivity contribution in [1.82, 2.24) is 0 Å². The van der Waals surface area contributed by atoms with Crippen LogP contribution in [0.5, 0.6) is 0 Å². The van der Waals surface area contributed by atoms with Crippen LogP contribution in [0.3, 0.4) is 0 Å². The van der Waals surface area contributed by atoms with Crippen molar-refractivity contribution < 1.29 is 19.7 Å². The van der Waals surface area contributed by atoms with Crippen molar-refractivity contribution in [1.29, 1.82) is 0 Å². The smallest absolute Gasteiger partial charge is 0.306 e. The first-order valence-electron chi connectivity index (χ1n) is 11.3. The Morgan fingerprint density at radius 3 is 1.96 bits per heavy atom. The van der Waals surface area contributed by atoms with E-state index >= 15 is 0 Å². The highest BCUT2D eigenvalue weighted by atomic mass is 16.6. The maximum Gasteiger partial charge on any atom is 0.306 e. The van der Waals surface area contributed by atoms with Crippen molar-refractivity contribution in [2.45, 2.75) is 121 Å². The molecule has 0 radical (unpaired) electrons. The highest BCUT2D eigenvalue weighted by Gasteiger charge is 2.52. The third-order valence-corrected chi connectivity index (χ3v) is 5.48. The van der Waals surface area contributed by atoms with Crippen molar-refractivity contribution in [2.75, 3.05) is 6.61 Å². The van der Waals surface area contributed by atoms with Crippen LogP contribution < -0.4 is 0 Å². The van der Waals surface area contributed by atoms with Gasteiger partial charge in [-0.05, 0) is 44.9 Å². The predicted molar refractivity (Wildman–Crippen MR) is 111 cm³/mol. The van der Waals surface area contributed by atoms with Crippen molar-refractivity contribution in [3.05, 3.63) is 12.2 Å². The minimum atomic E-state index is -0.935. The molecule has 1 saturated carbocycles. The number of aliphatic hydroxyl groups excluding tert-OH is 2. The van der Waals surface area contributed by atoms with Crippen LogP contribution in [-0.2, 0) is 9.53 Å². The first kappa shape index (κ1) is 24.2. The van der Waals surface area contributed by atoms with E-state index in [1.165, 1.54) is 64.2 Å². The summed E-state index contributed by atoms with van der Waals surface area (Å²) in [4.78, 5) is 11.8.